The van der Waals surface area contributed by atoms with Gasteiger partial charge >= 0.3 is 0 Å². The minimum atomic E-state index is 0.114. The predicted molar refractivity (Wildman–Crippen MR) is 106 cm³/mol. The monoisotopic (exact) mass is 399 g/mol. The van der Waals surface area contributed by atoms with E-state index in [9.17, 15) is 4.79 Å². The van der Waals surface area contributed by atoms with Gasteiger partial charge in [0.25, 0.3) is 0 Å². The maximum Gasteiger partial charge on any atom is 0.227 e. The number of piperazine rings is 1. The molecule has 1 aliphatic rings. The zero-order chi connectivity index (χ0) is 19.3. The zero-order valence-electron chi connectivity index (χ0n) is 15.6. The molecule has 0 bridgehead atoms. The molecule has 28 heavy (non-hydrogen) atoms. The Morgan fingerprint density at radius 2 is 2.00 bits per heavy atom. The van der Waals surface area contributed by atoms with Gasteiger partial charge in [0.15, 0.2) is 5.13 Å². The number of ether oxygens (including phenoxy) is 1. The molecule has 1 fully saturated rings. The summed E-state index contributed by atoms with van der Waals surface area (Å²) in [5.74, 6) is 1.87. The van der Waals surface area contributed by atoms with Crippen LogP contribution in [0.4, 0.5) is 5.13 Å². The van der Waals surface area contributed by atoms with Crippen molar-refractivity contribution in [1.29, 1.82) is 0 Å². The van der Waals surface area contributed by atoms with E-state index >= 15 is 0 Å². The van der Waals surface area contributed by atoms with Gasteiger partial charge in [-0.1, -0.05) is 5.16 Å². The fourth-order valence-corrected chi connectivity index (χ4v) is 3.80. The van der Waals surface area contributed by atoms with Crippen LogP contribution in [-0.2, 0) is 11.2 Å². The van der Waals surface area contributed by atoms with E-state index in [0.717, 1.165) is 29.5 Å². The minimum Gasteiger partial charge on any atom is -0.497 e. The molecule has 8 nitrogen and oxygen atoms in total. The molecular formula is C19H21N5O3S. The summed E-state index contributed by atoms with van der Waals surface area (Å²) in [7, 11) is 1.62. The van der Waals surface area contributed by atoms with Gasteiger partial charge in [0.1, 0.15) is 5.75 Å². The lowest BCUT2D eigenvalue weighted by Gasteiger charge is -2.34. The van der Waals surface area contributed by atoms with Gasteiger partial charge in [0, 0.05) is 56.2 Å². The zero-order valence-corrected chi connectivity index (χ0v) is 16.4. The molecule has 3 aromatic rings. The Morgan fingerprint density at radius 3 is 2.68 bits per heavy atom. The quantitative estimate of drug-likeness (QED) is 0.629. The number of benzene rings is 1. The van der Waals surface area contributed by atoms with E-state index in [-0.39, 0.29) is 5.91 Å². The topological polar surface area (TPSA) is 84.6 Å². The molecule has 0 spiro atoms. The number of hydrogen-bond donors (Lipinski definition) is 0. The van der Waals surface area contributed by atoms with Gasteiger partial charge < -0.3 is 19.1 Å². The summed E-state index contributed by atoms with van der Waals surface area (Å²) < 4.78 is 10.4. The molecule has 1 amide bonds. The number of methoxy groups -OCH3 is 1. The van der Waals surface area contributed by atoms with Crippen LogP contribution in [0.15, 0.2) is 40.4 Å². The highest BCUT2D eigenvalue weighted by atomic mass is 32.1. The molecule has 4 rings (SSSR count). The molecule has 0 N–H and O–H groups in total. The molecule has 0 unspecified atom stereocenters. The van der Waals surface area contributed by atoms with E-state index in [1.54, 1.807) is 18.4 Å². The fraction of sp³-hybridized carbons (Fsp3) is 0.368. The largest absolute Gasteiger partial charge is 0.497 e. The van der Waals surface area contributed by atoms with E-state index in [0.29, 0.717) is 37.6 Å². The fourth-order valence-electron chi connectivity index (χ4n) is 3.10. The lowest BCUT2D eigenvalue weighted by Crippen LogP contribution is -2.48. The number of aryl methyl sites for hydroxylation is 1. The van der Waals surface area contributed by atoms with Crippen LogP contribution in [0.25, 0.3) is 11.4 Å². The Kier molecular flexibility index (Phi) is 5.52. The number of hydrogen-bond acceptors (Lipinski definition) is 8. The van der Waals surface area contributed by atoms with Crippen LogP contribution in [0.2, 0.25) is 0 Å². The van der Waals surface area contributed by atoms with Crippen LogP contribution >= 0.6 is 11.3 Å². The molecule has 1 aromatic carbocycles. The molecule has 2 aromatic heterocycles. The van der Waals surface area contributed by atoms with Crippen LogP contribution in [0, 0.1) is 0 Å². The number of carbonyl (C=O) groups is 1. The number of anilines is 1. The maximum absolute atomic E-state index is 12.5. The van der Waals surface area contributed by atoms with Gasteiger partial charge in [-0.3, -0.25) is 4.79 Å². The summed E-state index contributed by atoms with van der Waals surface area (Å²) >= 11 is 1.63. The second kappa shape index (κ2) is 8.39. The van der Waals surface area contributed by atoms with Crippen molar-refractivity contribution in [3.05, 3.63) is 41.7 Å². The van der Waals surface area contributed by atoms with Crippen molar-refractivity contribution in [1.82, 2.24) is 20.0 Å². The lowest BCUT2D eigenvalue weighted by molar-refractivity contribution is -0.131. The molecule has 0 atom stereocenters. The Labute approximate surface area is 166 Å². The SMILES string of the molecule is COc1ccc(-c2noc(CCC(=O)N3CCN(c4nccs4)CC3)n2)cc1. The highest BCUT2D eigenvalue weighted by molar-refractivity contribution is 7.13. The smallest absolute Gasteiger partial charge is 0.227 e. The van der Waals surface area contributed by atoms with Gasteiger partial charge in [-0.25, -0.2) is 4.98 Å². The van der Waals surface area contributed by atoms with E-state index in [1.807, 2.05) is 40.7 Å². The third kappa shape index (κ3) is 4.14. The van der Waals surface area contributed by atoms with Gasteiger partial charge in [0.2, 0.25) is 17.6 Å². The molecular weight excluding hydrogens is 378 g/mol. The number of carbonyl (C=O) groups excluding carboxylic acids is 1. The molecule has 1 aliphatic heterocycles. The Balaban J connectivity index is 1.27. The summed E-state index contributed by atoms with van der Waals surface area (Å²) in [5, 5.41) is 6.99. The van der Waals surface area contributed by atoms with E-state index < -0.39 is 0 Å². The van der Waals surface area contributed by atoms with Crippen LogP contribution in [-0.4, -0.2) is 59.2 Å². The van der Waals surface area contributed by atoms with Crippen molar-refractivity contribution in [2.45, 2.75) is 12.8 Å². The first-order valence-corrected chi connectivity index (χ1v) is 10.00. The summed E-state index contributed by atoms with van der Waals surface area (Å²) in [6.07, 6.45) is 2.61. The third-order valence-electron chi connectivity index (χ3n) is 4.69. The minimum absolute atomic E-state index is 0.114. The normalized spacial score (nSPS) is 14.3. The number of nitrogens with zero attached hydrogens (tertiary/aromatic N) is 5. The molecule has 146 valence electrons. The van der Waals surface area contributed by atoms with Crippen molar-refractivity contribution < 1.29 is 14.1 Å². The van der Waals surface area contributed by atoms with Crippen molar-refractivity contribution in [3.63, 3.8) is 0 Å². The van der Waals surface area contributed by atoms with Crippen molar-refractivity contribution >= 4 is 22.4 Å². The lowest BCUT2D eigenvalue weighted by atomic mass is 10.2. The molecule has 0 saturated carbocycles. The Bertz CT molecular complexity index is 902. The van der Waals surface area contributed by atoms with Gasteiger partial charge in [-0.2, -0.15) is 4.98 Å². The molecule has 3 heterocycles. The summed E-state index contributed by atoms with van der Waals surface area (Å²) in [6.45, 7) is 3.03. The Morgan fingerprint density at radius 1 is 1.21 bits per heavy atom. The van der Waals surface area contributed by atoms with Gasteiger partial charge in [-0.05, 0) is 24.3 Å². The van der Waals surface area contributed by atoms with Crippen LogP contribution in [0.1, 0.15) is 12.3 Å². The van der Waals surface area contributed by atoms with Crippen LogP contribution in [0.3, 0.4) is 0 Å². The Hall–Kier alpha value is -2.94. The number of amides is 1. The van der Waals surface area contributed by atoms with Gasteiger partial charge in [-0.15, -0.1) is 11.3 Å². The highest BCUT2D eigenvalue weighted by Crippen LogP contribution is 2.21. The van der Waals surface area contributed by atoms with Gasteiger partial charge in [0.05, 0.1) is 7.11 Å². The first-order chi connectivity index (χ1) is 13.7. The third-order valence-corrected chi connectivity index (χ3v) is 5.52. The van der Waals surface area contributed by atoms with Crippen LogP contribution < -0.4 is 9.64 Å². The van der Waals surface area contributed by atoms with Crippen molar-refractivity contribution in [2.75, 3.05) is 38.2 Å². The highest BCUT2D eigenvalue weighted by Gasteiger charge is 2.22. The molecule has 1 saturated heterocycles. The number of rotatable bonds is 6. The maximum atomic E-state index is 12.5. The van der Waals surface area contributed by atoms with Crippen molar-refractivity contribution in [2.24, 2.45) is 0 Å². The second-order valence-corrected chi connectivity index (χ2v) is 7.30. The first-order valence-electron chi connectivity index (χ1n) is 9.12. The first kappa shape index (κ1) is 18.4. The average molecular weight is 399 g/mol. The second-order valence-electron chi connectivity index (χ2n) is 6.42. The molecule has 9 heteroatoms. The summed E-state index contributed by atoms with van der Waals surface area (Å²) in [5.41, 5.74) is 0.848. The number of thiazole rings is 1. The predicted octanol–water partition coefficient (Wildman–Crippen LogP) is 2.48. The van der Waals surface area contributed by atoms with E-state index in [2.05, 4.69) is 20.0 Å². The standard InChI is InChI=1S/C19H21N5O3S/c1-26-15-4-2-14(3-5-15)18-21-16(27-22-18)6-7-17(25)23-9-11-24(12-10-23)19-20-8-13-28-19/h2-5,8,13H,6-7,9-12H2,1H3. The number of aromatic nitrogens is 3. The summed E-state index contributed by atoms with van der Waals surface area (Å²) in [4.78, 5) is 25.3. The molecule has 0 radical (unpaired) electrons. The van der Waals surface area contributed by atoms with Crippen molar-refractivity contribution in [3.8, 4) is 17.1 Å². The van der Waals surface area contributed by atoms with E-state index in [1.165, 1.54) is 0 Å². The molecule has 0 aliphatic carbocycles. The summed E-state index contributed by atoms with van der Waals surface area (Å²) in [6, 6.07) is 7.45. The average Bonchev–Trinajstić information content (AvgIpc) is 3.44. The van der Waals surface area contributed by atoms with E-state index in [4.69, 9.17) is 9.26 Å². The van der Waals surface area contributed by atoms with Crippen LogP contribution in [0.5, 0.6) is 5.75 Å².